The number of halogens is 2. The highest BCUT2D eigenvalue weighted by atomic mass is 19.3. The Bertz CT molecular complexity index is 359. The average Bonchev–Trinajstić information content (AvgIpc) is 2.01. The van der Waals surface area contributed by atoms with Crippen LogP contribution in [-0.4, -0.2) is 4.98 Å². The fourth-order valence-corrected chi connectivity index (χ4v) is 1.23. The van der Waals surface area contributed by atoms with Crippen molar-refractivity contribution < 1.29 is 8.78 Å². The van der Waals surface area contributed by atoms with Gasteiger partial charge in [-0.3, -0.25) is 0 Å². The second kappa shape index (κ2) is 4.01. The topological polar surface area (TPSA) is 62.7 Å². The summed E-state index contributed by atoms with van der Waals surface area (Å²) in [6, 6.07) is 3.34. The molecule has 0 radical (unpaired) electrons. The van der Waals surface area contributed by atoms with Gasteiger partial charge in [-0.15, -0.1) is 0 Å². The summed E-state index contributed by atoms with van der Waals surface area (Å²) >= 11 is 0. The molecular weight excluding hydrogens is 188 g/mol. The molecule has 1 rings (SSSR count). The summed E-state index contributed by atoms with van der Waals surface area (Å²) < 4.78 is 24.8. The Morgan fingerprint density at radius 2 is 2.29 bits per heavy atom. The molecule has 0 bridgehead atoms. The average molecular weight is 197 g/mol. The quantitative estimate of drug-likeness (QED) is 0.788. The number of aromatic nitrogens is 1. The second-order valence-corrected chi connectivity index (χ2v) is 2.86. The second-order valence-electron chi connectivity index (χ2n) is 2.86. The first-order valence-electron chi connectivity index (χ1n) is 3.97. The number of hydrogen-bond donors (Lipinski definition) is 1. The number of nitriles is 1. The Labute approximate surface area is 80.2 Å². The van der Waals surface area contributed by atoms with E-state index < -0.39 is 6.43 Å². The lowest BCUT2D eigenvalue weighted by Gasteiger charge is -2.08. The summed E-state index contributed by atoms with van der Waals surface area (Å²) in [7, 11) is 0. The lowest BCUT2D eigenvalue weighted by atomic mass is 10.1. The van der Waals surface area contributed by atoms with Crippen LogP contribution in [0.15, 0.2) is 6.07 Å². The molecule has 2 N–H and O–H groups in total. The number of nitrogen functional groups attached to an aromatic ring is 1. The summed E-state index contributed by atoms with van der Waals surface area (Å²) in [4.78, 5) is 3.72. The number of hydrogen-bond acceptors (Lipinski definition) is 3. The van der Waals surface area contributed by atoms with Crippen LogP contribution in [0, 0.1) is 18.3 Å². The number of nitrogens with two attached hydrogens (primary N) is 1. The normalized spacial score (nSPS) is 10.2. The van der Waals surface area contributed by atoms with E-state index in [1.807, 2.05) is 6.07 Å². The van der Waals surface area contributed by atoms with E-state index in [9.17, 15) is 8.78 Å². The number of rotatable bonds is 2. The summed E-state index contributed by atoms with van der Waals surface area (Å²) in [5.74, 6) is -0.190. The molecule has 1 heterocycles. The van der Waals surface area contributed by atoms with Gasteiger partial charge in [-0.2, -0.15) is 5.26 Å². The van der Waals surface area contributed by atoms with Crippen molar-refractivity contribution >= 4 is 5.82 Å². The van der Waals surface area contributed by atoms with Gasteiger partial charge in [-0.05, 0) is 18.6 Å². The number of alkyl halides is 2. The monoisotopic (exact) mass is 197 g/mol. The van der Waals surface area contributed by atoms with E-state index in [-0.39, 0.29) is 17.8 Å². The predicted molar refractivity (Wildman–Crippen MR) is 47.7 cm³/mol. The molecule has 0 aromatic carbocycles. The predicted octanol–water partition coefficient (Wildman–Crippen LogP) is 1.98. The Balaban J connectivity index is 3.19. The first-order valence-corrected chi connectivity index (χ1v) is 3.97. The summed E-state index contributed by atoms with van der Waals surface area (Å²) in [6.07, 6.45) is -2.55. The minimum absolute atomic E-state index is 0.0779. The smallest absolute Gasteiger partial charge is 0.267 e. The van der Waals surface area contributed by atoms with Crippen molar-refractivity contribution in [3.63, 3.8) is 0 Å². The van der Waals surface area contributed by atoms with Crippen molar-refractivity contribution in [2.45, 2.75) is 19.8 Å². The molecule has 5 heteroatoms. The molecule has 14 heavy (non-hydrogen) atoms. The maximum absolute atomic E-state index is 12.4. The van der Waals surface area contributed by atoms with Gasteiger partial charge in [0.15, 0.2) is 0 Å². The van der Waals surface area contributed by atoms with Crippen LogP contribution in [-0.2, 0) is 6.42 Å². The van der Waals surface area contributed by atoms with Crippen molar-refractivity contribution in [1.82, 2.24) is 4.98 Å². The number of anilines is 1. The van der Waals surface area contributed by atoms with Gasteiger partial charge in [0.25, 0.3) is 6.43 Å². The van der Waals surface area contributed by atoms with E-state index in [0.717, 1.165) is 0 Å². The van der Waals surface area contributed by atoms with Crippen LogP contribution in [0.25, 0.3) is 0 Å². The minimum atomic E-state index is -2.63. The molecule has 1 aromatic rings. The van der Waals surface area contributed by atoms with Gasteiger partial charge in [0.05, 0.1) is 23.7 Å². The molecule has 0 unspecified atom stereocenters. The van der Waals surface area contributed by atoms with Gasteiger partial charge in [0.2, 0.25) is 0 Å². The third-order valence-corrected chi connectivity index (χ3v) is 1.83. The van der Waals surface area contributed by atoms with Crippen LogP contribution in [0.3, 0.4) is 0 Å². The molecule has 0 aliphatic heterocycles. The Hall–Kier alpha value is -1.70. The third-order valence-electron chi connectivity index (χ3n) is 1.83. The fraction of sp³-hybridized carbons (Fsp3) is 0.333. The summed E-state index contributed by atoms with van der Waals surface area (Å²) in [5.41, 5.74) is 5.91. The molecule has 0 saturated carbocycles. The SMILES string of the molecule is Cc1cc(CC#N)nc(N)c1C(F)F. The lowest BCUT2D eigenvalue weighted by molar-refractivity contribution is 0.151. The van der Waals surface area contributed by atoms with E-state index in [1.54, 1.807) is 0 Å². The zero-order valence-electron chi connectivity index (χ0n) is 7.59. The fourth-order valence-electron chi connectivity index (χ4n) is 1.23. The molecule has 3 nitrogen and oxygen atoms in total. The first-order chi connectivity index (χ1) is 6.56. The van der Waals surface area contributed by atoms with E-state index in [0.29, 0.717) is 11.3 Å². The number of nitrogens with zero attached hydrogens (tertiary/aromatic N) is 2. The van der Waals surface area contributed by atoms with Crippen molar-refractivity contribution in [3.8, 4) is 6.07 Å². The van der Waals surface area contributed by atoms with Gasteiger partial charge in [0.1, 0.15) is 5.82 Å². The maximum atomic E-state index is 12.4. The zero-order valence-corrected chi connectivity index (χ0v) is 7.59. The van der Waals surface area contributed by atoms with Crippen molar-refractivity contribution in [1.29, 1.82) is 5.26 Å². The van der Waals surface area contributed by atoms with E-state index in [4.69, 9.17) is 11.0 Å². The van der Waals surface area contributed by atoms with E-state index in [2.05, 4.69) is 4.98 Å². The lowest BCUT2D eigenvalue weighted by Crippen LogP contribution is -2.04. The standard InChI is InChI=1S/C9H9F2N3/c1-5-4-6(2-3-12)14-9(13)7(5)8(10)11/h4,8H,2H2,1H3,(H2,13,14). The molecule has 74 valence electrons. The highest BCUT2D eigenvalue weighted by Gasteiger charge is 2.16. The van der Waals surface area contributed by atoms with Crippen LogP contribution in [0.5, 0.6) is 0 Å². The van der Waals surface area contributed by atoms with Gasteiger partial charge >= 0.3 is 0 Å². The van der Waals surface area contributed by atoms with Crippen LogP contribution < -0.4 is 5.73 Å². The van der Waals surface area contributed by atoms with E-state index in [1.165, 1.54) is 13.0 Å². The maximum Gasteiger partial charge on any atom is 0.267 e. The largest absolute Gasteiger partial charge is 0.383 e. The van der Waals surface area contributed by atoms with Crippen molar-refractivity contribution in [2.75, 3.05) is 5.73 Å². The van der Waals surface area contributed by atoms with Gasteiger partial charge in [-0.25, -0.2) is 13.8 Å². The van der Waals surface area contributed by atoms with Crippen molar-refractivity contribution in [2.24, 2.45) is 0 Å². The van der Waals surface area contributed by atoms with Gasteiger partial charge in [-0.1, -0.05) is 0 Å². The number of pyridine rings is 1. The molecule has 0 fully saturated rings. The third kappa shape index (κ3) is 1.96. The molecule has 0 spiro atoms. The summed E-state index contributed by atoms with van der Waals surface area (Å²) in [5, 5.41) is 8.40. The molecule has 0 aliphatic rings. The Morgan fingerprint density at radius 1 is 1.64 bits per heavy atom. The molecule has 0 amide bonds. The molecule has 0 atom stereocenters. The number of aryl methyl sites for hydroxylation is 1. The van der Waals surface area contributed by atoms with Gasteiger partial charge in [0, 0.05) is 0 Å². The highest BCUT2D eigenvalue weighted by molar-refractivity contribution is 5.46. The summed E-state index contributed by atoms with van der Waals surface area (Å²) in [6.45, 7) is 1.53. The minimum Gasteiger partial charge on any atom is -0.383 e. The van der Waals surface area contributed by atoms with Crippen LogP contribution in [0.4, 0.5) is 14.6 Å². The van der Waals surface area contributed by atoms with E-state index >= 15 is 0 Å². The molecule has 1 aromatic heterocycles. The Morgan fingerprint density at radius 3 is 2.71 bits per heavy atom. The van der Waals surface area contributed by atoms with Crippen LogP contribution >= 0.6 is 0 Å². The zero-order chi connectivity index (χ0) is 10.7. The van der Waals surface area contributed by atoms with Crippen LogP contribution in [0.1, 0.15) is 23.2 Å². The molecule has 0 aliphatic carbocycles. The molecular formula is C9H9F2N3. The highest BCUT2D eigenvalue weighted by Crippen LogP contribution is 2.27. The van der Waals surface area contributed by atoms with Gasteiger partial charge < -0.3 is 5.73 Å². The Kier molecular flexibility index (Phi) is 2.97. The molecule has 0 saturated heterocycles. The first kappa shape index (κ1) is 10.4. The van der Waals surface area contributed by atoms with Crippen LogP contribution in [0.2, 0.25) is 0 Å². The van der Waals surface area contributed by atoms with Crippen molar-refractivity contribution in [3.05, 3.63) is 22.9 Å².